The average Bonchev–Trinajstić information content (AvgIpc) is 3.50. The van der Waals surface area contributed by atoms with E-state index >= 15 is 0 Å². The zero-order valence-corrected chi connectivity index (χ0v) is 20.3. The van der Waals surface area contributed by atoms with Gasteiger partial charge in [-0.05, 0) is 57.8 Å². The third-order valence-corrected chi connectivity index (χ3v) is 8.50. The Morgan fingerprint density at radius 3 is 2.14 bits per heavy atom. The van der Waals surface area contributed by atoms with Crippen molar-refractivity contribution in [1.82, 2.24) is 4.98 Å². The molecule has 0 spiro atoms. The molecule has 0 unspecified atom stereocenters. The number of rotatable bonds is 2. The van der Waals surface area contributed by atoms with Crippen LogP contribution in [-0.4, -0.2) is 4.98 Å². The van der Waals surface area contributed by atoms with E-state index in [-0.39, 0.29) is 0 Å². The van der Waals surface area contributed by atoms with Crippen molar-refractivity contribution < 1.29 is 0 Å². The molecule has 2 aromatic heterocycles. The standard InChI is InChI=1S/C34H21NS/c1-2-9-22(10-3-1)27-20-31-32(33-26-12-6-7-13-29(26)35-34(27)33)28-19-25(16-17-30(28)36-31)24-15-14-21-8-4-5-11-23(21)18-24/h1-20,35H. The maximum atomic E-state index is 3.76. The Hall–Kier alpha value is -4.40. The van der Waals surface area contributed by atoms with E-state index in [1.54, 1.807) is 0 Å². The van der Waals surface area contributed by atoms with Crippen LogP contribution in [0.25, 0.3) is 75.0 Å². The van der Waals surface area contributed by atoms with Gasteiger partial charge in [-0.1, -0.05) is 91.0 Å². The lowest BCUT2D eigenvalue weighted by Gasteiger charge is -2.07. The normalized spacial score (nSPS) is 11.9. The number of aromatic nitrogens is 1. The number of benzene rings is 6. The van der Waals surface area contributed by atoms with E-state index in [0.717, 1.165) is 0 Å². The summed E-state index contributed by atoms with van der Waals surface area (Å²) in [6.45, 7) is 0. The number of hydrogen-bond acceptors (Lipinski definition) is 1. The predicted molar refractivity (Wildman–Crippen MR) is 157 cm³/mol. The van der Waals surface area contributed by atoms with Gasteiger partial charge in [0, 0.05) is 42.0 Å². The largest absolute Gasteiger partial charge is 0.354 e. The summed E-state index contributed by atoms with van der Waals surface area (Å²) >= 11 is 1.89. The van der Waals surface area contributed by atoms with E-state index in [2.05, 4.69) is 126 Å². The molecule has 168 valence electrons. The monoisotopic (exact) mass is 475 g/mol. The van der Waals surface area contributed by atoms with Gasteiger partial charge in [-0.3, -0.25) is 0 Å². The fraction of sp³-hybridized carbons (Fsp3) is 0. The van der Waals surface area contributed by atoms with Crippen molar-refractivity contribution in [3.8, 4) is 22.3 Å². The lowest BCUT2D eigenvalue weighted by Crippen LogP contribution is -1.82. The maximum Gasteiger partial charge on any atom is 0.0551 e. The van der Waals surface area contributed by atoms with Crippen LogP contribution in [0.15, 0.2) is 121 Å². The second kappa shape index (κ2) is 7.55. The lowest BCUT2D eigenvalue weighted by atomic mass is 9.96. The highest BCUT2D eigenvalue weighted by Crippen LogP contribution is 2.46. The summed E-state index contributed by atoms with van der Waals surface area (Å²) in [5.41, 5.74) is 7.41. The van der Waals surface area contributed by atoms with Crippen molar-refractivity contribution in [1.29, 1.82) is 0 Å². The summed E-state index contributed by atoms with van der Waals surface area (Å²) < 4.78 is 2.66. The number of para-hydroxylation sites is 1. The Labute approximate surface area is 212 Å². The Balaban J connectivity index is 1.47. The molecule has 0 aliphatic heterocycles. The first-order valence-corrected chi connectivity index (χ1v) is 13.1. The summed E-state index contributed by atoms with van der Waals surface area (Å²) in [5.74, 6) is 0. The first-order chi connectivity index (χ1) is 17.8. The fourth-order valence-corrected chi connectivity index (χ4v) is 6.81. The number of nitrogens with one attached hydrogen (secondary N) is 1. The molecular formula is C34H21NS. The number of aromatic amines is 1. The van der Waals surface area contributed by atoms with Crippen LogP contribution in [0.1, 0.15) is 0 Å². The van der Waals surface area contributed by atoms with Crippen LogP contribution in [0.5, 0.6) is 0 Å². The van der Waals surface area contributed by atoms with Gasteiger partial charge in [-0.25, -0.2) is 0 Å². The molecule has 0 aliphatic rings. The minimum Gasteiger partial charge on any atom is -0.354 e. The van der Waals surface area contributed by atoms with E-state index in [1.807, 2.05) is 11.3 Å². The fourth-order valence-electron chi connectivity index (χ4n) is 5.68. The molecule has 2 heterocycles. The highest BCUT2D eigenvalue weighted by molar-refractivity contribution is 7.26. The van der Waals surface area contributed by atoms with Gasteiger partial charge in [-0.2, -0.15) is 0 Å². The van der Waals surface area contributed by atoms with E-state index in [4.69, 9.17) is 0 Å². The molecule has 0 amide bonds. The van der Waals surface area contributed by atoms with Gasteiger partial charge in [0.05, 0.1) is 5.52 Å². The van der Waals surface area contributed by atoms with E-state index < -0.39 is 0 Å². The molecule has 8 rings (SSSR count). The Bertz CT molecular complexity index is 2090. The van der Waals surface area contributed by atoms with Crippen molar-refractivity contribution >= 4 is 64.1 Å². The molecule has 0 fully saturated rings. The molecular weight excluding hydrogens is 454 g/mol. The Morgan fingerprint density at radius 2 is 1.22 bits per heavy atom. The van der Waals surface area contributed by atoms with E-state index in [1.165, 1.54) is 75.0 Å². The van der Waals surface area contributed by atoms with Gasteiger partial charge in [0.15, 0.2) is 0 Å². The van der Waals surface area contributed by atoms with Crippen molar-refractivity contribution in [3.63, 3.8) is 0 Å². The molecule has 1 nitrogen and oxygen atoms in total. The summed E-state index contributed by atoms with van der Waals surface area (Å²) in [4.78, 5) is 3.76. The minimum atomic E-state index is 1.18. The third-order valence-electron chi connectivity index (χ3n) is 7.38. The molecule has 2 heteroatoms. The molecule has 0 bridgehead atoms. The SMILES string of the molecule is c1ccc(-c2cc3sc4ccc(-c5ccc6ccccc6c5)cc4c3c3c2[nH]c2ccccc23)cc1. The van der Waals surface area contributed by atoms with Gasteiger partial charge < -0.3 is 4.98 Å². The highest BCUT2D eigenvalue weighted by Gasteiger charge is 2.18. The second-order valence-electron chi connectivity index (χ2n) is 9.46. The first-order valence-electron chi connectivity index (χ1n) is 12.3. The zero-order valence-electron chi connectivity index (χ0n) is 19.5. The molecule has 1 N–H and O–H groups in total. The minimum absolute atomic E-state index is 1.18. The molecule has 0 aliphatic carbocycles. The molecule has 0 saturated heterocycles. The van der Waals surface area contributed by atoms with Crippen LogP contribution in [0.2, 0.25) is 0 Å². The van der Waals surface area contributed by atoms with Crippen LogP contribution < -0.4 is 0 Å². The van der Waals surface area contributed by atoms with Gasteiger partial charge in [0.2, 0.25) is 0 Å². The zero-order chi connectivity index (χ0) is 23.6. The van der Waals surface area contributed by atoms with Crippen molar-refractivity contribution in [2.45, 2.75) is 0 Å². The number of fused-ring (bicyclic) bond motifs is 8. The molecule has 6 aromatic carbocycles. The maximum absolute atomic E-state index is 3.76. The first kappa shape index (κ1) is 19.9. The smallest absolute Gasteiger partial charge is 0.0551 e. The van der Waals surface area contributed by atoms with E-state index in [9.17, 15) is 0 Å². The van der Waals surface area contributed by atoms with Crippen LogP contribution in [-0.2, 0) is 0 Å². The van der Waals surface area contributed by atoms with Crippen LogP contribution >= 0.6 is 11.3 Å². The lowest BCUT2D eigenvalue weighted by molar-refractivity contribution is 1.54. The highest BCUT2D eigenvalue weighted by atomic mass is 32.1. The predicted octanol–water partition coefficient (Wildman–Crippen LogP) is 10.2. The molecule has 8 aromatic rings. The summed E-state index contributed by atoms with van der Waals surface area (Å²) in [6.07, 6.45) is 0. The summed E-state index contributed by atoms with van der Waals surface area (Å²) in [6, 6.07) is 44.1. The summed E-state index contributed by atoms with van der Waals surface area (Å²) in [5, 5.41) is 7.84. The average molecular weight is 476 g/mol. The quantitative estimate of drug-likeness (QED) is 0.256. The third kappa shape index (κ3) is 2.89. The van der Waals surface area contributed by atoms with E-state index in [0.29, 0.717) is 0 Å². The Morgan fingerprint density at radius 1 is 0.472 bits per heavy atom. The number of H-pyrrole nitrogens is 1. The van der Waals surface area contributed by atoms with Crippen LogP contribution in [0.3, 0.4) is 0 Å². The molecule has 0 radical (unpaired) electrons. The molecule has 0 saturated carbocycles. The molecule has 36 heavy (non-hydrogen) atoms. The Kier molecular flexibility index (Phi) is 4.16. The van der Waals surface area contributed by atoms with Crippen LogP contribution in [0, 0.1) is 0 Å². The molecule has 0 atom stereocenters. The second-order valence-corrected chi connectivity index (χ2v) is 10.5. The van der Waals surface area contributed by atoms with Gasteiger partial charge in [0.1, 0.15) is 0 Å². The van der Waals surface area contributed by atoms with Crippen molar-refractivity contribution in [3.05, 3.63) is 121 Å². The van der Waals surface area contributed by atoms with Crippen molar-refractivity contribution in [2.75, 3.05) is 0 Å². The number of hydrogen-bond donors (Lipinski definition) is 1. The topological polar surface area (TPSA) is 15.8 Å². The van der Waals surface area contributed by atoms with Crippen molar-refractivity contribution in [2.24, 2.45) is 0 Å². The van der Waals surface area contributed by atoms with Gasteiger partial charge in [0.25, 0.3) is 0 Å². The number of thiophene rings is 1. The summed E-state index contributed by atoms with van der Waals surface area (Å²) in [7, 11) is 0. The van der Waals surface area contributed by atoms with Crippen LogP contribution in [0.4, 0.5) is 0 Å². The van der Waals surface area contributed by atoms with Gasteiger partial charge in [-0.15, -0.1) is 11.3 Å². The van der Waals surface area contributed by atoms with Gasteiger partial charge >= 0.3 is 0 Å².